The molecule has 0 spiro atoms. The van der Waals surface area contributed by atoms with Gasteiger partial charge in [-0.15, -0.1) is 0 Å². The van der Waals surface area contributed by atoms with Gasteiger partial charge in [0.25, 0.3) is 0 Å². The summed E-state index contributed by atoms with van der Waals surface area (Å²) in [7, 11) is 1.40. The van der Waals surface area contributed by atoms with Crippen LogP contribution in [0.5, 0.6) is 0 Å². The van der Waals surface area contributed by atoms with Crippen molar-refractivity contribution in [3.05, 3.63) is 11.6 Å². The van der Waals surface area contributed by atoms with Crippen molar-refractivity contribution in [1.82, 2.24) is 0 Å². The number of hydrogen-bond acceptors (Lipinski definition) is 2. The molecule has 0 rings (SSSR count). The maximum absolute atomic E-state index is 11.2. The second kappa shape index (κ2) is 6.06. The number of ether oxygens (including phenoxy) is 1. The van der Waals surface area contributed by atoms with Gasteiger partial charge in [0.05, 0.1) is 13.0 Å². The summed E-state index contributed by atoms with van der Waals surface area (Å²) in [5.74, 6) is 0.0371. The predicted molar refractivity (Wildman–Crippen MR) is 50.0 cm³/mol. The summed E-state index contributed by atoms with van der Waals surface area (Å²) in [6, 6.07) is 0. The van der Waals surface area contributed by atoms with Crippen LogP contribution in [-0.4, -0.2) is 13.1 Å². The number of methoxy groups -OCH3 is 1. The topological polar surface area (TPSA) is 26.3 Å². The molecule has 12 heavy (non-hydrogen) atoms. The summed E-state index contributed by atoms with van der Waals surface area (Å²) in [5.41, 5.74) is 1.43. The van der Waals surface area contributed by atoms with Crippen molar-refractivity contribution in [1.29, 1.82) is 0 Å². The molecule has 0 saturated carbocycles. The molecule has 0 aromatic heterocycles. The number of esters is 1. The first-order valence-electron chi connectivity index (χ1n) is 3.96. The first-order chi connectivity index (χ1) is 5.63. The average molecular weight is 191 g/mol. The lowest BCUT2D eigenvalue weighted by atomic mass is 9.93. The van der Waals surface area contributed by atoms with Gasteiger partial charge >= 0.3 is 5.97 Å². The zero-order valence-electron chi connectivity index (χ0n) is 7.71. The van der Waals surface area contributed by atoms with Crippen molar-refractivity contribution in [3.8, 4) is 0 Å². The molecule has 0 fully saturated rings. The fourth-order valence-corrected chi connectivity index (χ4v) is 1.09. The van der Waals surface area contributed by atoms with Crippen molar-refractivity contribution >= 4 is 17.6 Å². The van der Waals surface area contributed by atoms with E-state index in [1.54, 1.807) is 6.08 Å². The summed E-state index contributed by atoms with van der Waals surface area (Å²) in [5, 5.41) is 0. The van der Waals surface area contributed by atoms with Gasteiger partial charge in [0, 0.05) is 5.54 Å². The molecular formula is C9H15ClO2. The summed E-state index contributed by atoms with van der Waals surface area (Å²) in [4.78, 5) is 11.2. The highest BCUT2D eigenvalue weighted by Crippen LogP contribution is 2.17. The Hall–Kier alpha value is -0.500. The fraction of sp³-hybridized carbons (Fsp3) is 0.667. The van der Waals surface area contributed by atoms with Gasteiger partial charge in [-0.25, -0.2) is 0 Å². The Bertz CT molecular complexity index is 164. The van der Waals surface area contributed by atoms with E-state index in [1.807, 2.05) is 13.8 Å². The van der Waals surface area contributed by atoms with Crippen LogP contribution in [0.3, 0.4) is 0 Å². The zero-order valence-corrected chi connectivity index (χ0v) is 8.47. The van der Waals surface area contributed by atoms with Crippen LogP contribution in [0.25, 0.3) is 0 Å². The van der Waals surface area contributed by atoms with E-state index in [-0.39, 0.29) is 17.8 Å². The van der Waals surface area contributed by atoms with E-state index < -0.39 is 0 Å². The van der Waals surface area contributed by atoms with Crippen LogP contribution < -0.4 is 0 Å². The lowest BCUT2D eigenvalue weighted by Crippen LogP contribution is -2.20. The Morgan fingerprint density at radius 3 is 2.50 bits per heavy atom. The number of hydrogen-bond donors (Lipinski definition) is 0. The van der Waals surface area contributed by atoms with E-state index in [1.165, 1.54) is 12.6 Å². The second-order valence-electron chi connectivity index (χ2n) is 2.97. The van der Waals surface area contributed by atoms with Crippen molar-refractivity contribution in [3.63, 3.8) is 0 Å². The molecule has 0 aliphatic rings. The minimum Gasteiger partial charge on any atom is -0.469 e. The zero-order chi connectivity index (χ0) is 9.56. The van der Waals surface area contributed by atoms with Gasteiger partial charge in [-0.1, -0.05) is 31.5 Å². The molecule has 1 atom stereocenters. The Morgan fingerprint density at radius 1 is 1.58 bits per heavy atom. The smallest absolute Gasteiger partial charge is 0.309 e. The Balaban J connectivity index is 4.13. The molecule has 3 heteroatoms. The summed E-state index contributed by atoms with van der Waals surface area (Å²) < 4.78 is 4.65. The van der Waals surface area contributed by atoms with Gasteiger partial charge in [-0.2, -0.15) is 0 Å². The third-order valence-corrected chi connectivity index (χ3v) is 1.97. The number of carbonyl (C=O) groups excluding carboxylic acids is 1. The third kappa shape index (κ3) is 3.77. The highest BCUT2D eigenvalue weighted by molar-refractivity contribution is 6.25. The molecule has 2 nitrogen and oxygen atoms in total. The van der Waals surface area contributed by atoms with Gasteiger partial charge in [0.15, 0.2) is 0 Å². The molecule has 0 N–H and O–H groups in total. The molecule has 0 amide bonds. The van der Waals surface area contributed by atoms with Crippen LogP contribution >= 0.6 is 11.6 Å². The van der Waals surface area contributed by atoms with Crippen LogP contribution in [0.1, 0.15) is 20.3 Å². The largest absolute Gasteiger partial charge is 0.469 e. The third-order valence-electron chi connectivity index (χ3n) is 1.79. The lowest BCUT2D eigenvalue weighted by molar-refractivity contribution is -0.146. The minimum atomic E-state index is -0.167. The average Bonchev–Trinajstić information content (AvgIpc) is 2.04. The highest BCUT2D eigenvalue weighted by Gasteiger charge is 2.20. The van der Waals surface area contributed by atoms with Gasteiger partial charge < -0.3 is 4.74 Å². The monoisotopic (exact) mass is 190 g/mol. The van der Waals surface area contributed by atoms with Gasteiger partial charge in [0.2, 0.25) is 0 Å². The first-order valence-corrected chi connectivity index (χ1v) is 4.40. The second-order valence-corrected chi connectivity index (χ2v) is 3.22. The fourth-order valence-electron chi connectivity index (χ4n) is 0.990. The van der Waals surface area contributed by atoms with E-state index in [4.69, 9.17) is 11.6 Å². The Kier molecular flexibility index (Phi) is 5.81. The van der Waals surface area contributed by atoms with Crippen molar-refractivity contribution in [2.75, 3.05) is 7.11 Å². The molecule has 0 bridgehead atoms. The normalized spacial score (nSPS) is 13.8. The van der Waals surface area contributed by atoms with Crippen molar-refractivity contribution < 1.29 is 9.53 Å². The number of allylic oxidation sites excluding steroid dienone is 1. The molecule has 0 aromatic carbocycles. The SMILES string of the molecule is COC(=O)C(CC=CCl)C(C)C. The lowest BCUT2D eigenvalue weighted by Gasteiger charge is -2.15. The van der Waals surface area contributed by atoms with Crippen molar-refractivity contribution in [2.24, 2.45) is 11.8 Å². The first kappa shape index (κ1) is 11.5. The quantitative estimate of drug-likeness (QED) is 0.637. The van der Waals surface area contributed by atoms with Crippen LogP contribution in [-0.2, 0) is 9.53 Å². The standard InChI is InChI=1S/C9H15ClO2/c1-7(2)8(5-4-6-10)9(11)12-3/h4,6-8H,5H2,1-3H3. The van der Waals surface area contributed by atoms with Crippen LogP contribution in [0.15, 0.2) is 11.6 Å². The molecule has 0 radical (unpaired) electrons. The summed E-state index contributed by atoms with van der Waals surface area (Å²) in [6.45, 7) is 3.98. The van der Waals surface area contributed by atoms with E-state index >= 15 is 0 Å². The van der Waals surface area contributed by atoms with E-state index in [2.05, 4.69) is 4.74 Å². The van der Waals surface area contributed by atoms with Crippen LogP contribution in [0.2, 0.25) is 0 Å². The molecule has 0 heterocycles. The summed E-state index contributed by atoms with van der Waals surface area (Å²) >= 11 is 5.37. The number of carbonyl (C=O) groups is 1. The highest BCUT2D eigenvalue weighted by atomic mass is 35.5. The van der Waals surface area contributed by atoms with Gasteiger partial charge in [-0.05, 0) is 12.3 Å². The molecular weight excluding hydrogens is 176 g/mol. The van der Waals surface area contributed by atoms with E-state index in [9.17, 15) is 4.79 Å². The Labute approximate surface area is 78.5 Å². The molecule has 1 unspecified atom stereocenters. The maximum Gasteiger partial charge on any atom is 0.309 e. The molecule has 0 saturated heterocycles. The molecule has 0 aliphatic carbocycles. The minimum absolute atomic E-state index is 0.0787. The van der Waals surface area contributed by atoms with Gasteiger partial charge in [0.1, 0.15) is 0 Å². The van der Waals surface area contributed by atoms with E-state index in [0.717, 1.165) is 0 Å². The summed E-state index contributed by atoms with van der Waals surface area (Å²) in [6.07, 6.45) is 2.41. The molecule has 70 valence electrons. The molecule has 0 aromatic rings. The Morgan fingerprint density at radius 2 is 2.17 bits per heavy atom. The number of rotatable bonds is 4. The van der Waals surface area contributed by atoms with Crippen molar-refractivity contribution in [2.45, 2.75) is 20.3 Å². The van der Waals surface area contributed by atoms with Crippen LogP contribution in [0, 0.1) is 11.8 Å². The van der Waals surface area contributed by atoms with E-state index in [0.29, 0.717) is 6.42 Å². The van der Waals surface area contributed by atoms with Gasteiger partial charge in [-0.3, -0.25) is 4.79 Å². The maximum atomic E-state index is 11.2. The molecule has 0 aliphatic heterocycles. The van der Waals surface area contributed by atoms with Crippen LogP contribution in [0.4, 0.5) is 0 Å². The predicted octanol–water partition coefficient (Wildman–Crippen LogP) is 2.57. The number of halogens is 1.